The zero-order valence-electron chi connectivity index (χ0n) is 21.3. The minimum absolute atomic E-state index is 0.230. The Morgan fingerprint density at radius 2 is 1.59 bits per heavy atom. The van der Waals surface area contributed by atoms with Gasteiger partial charge in [-0.1, -0.05) is 76.6 Å². The summed E-state index contributed by atoms with van der Waals surface area (Å²) in [4.78, 5) is 27.4. The van der Waals surface area contributed by atoms with E-state index in [1.54, 1.807) is 6.07 Å². The number of carboxylic acids is 1. The molecule has 1 aliphatic heterocycles. The third-order valence-electron chi connectivity index (χ3n) is 6.82. The minimum atomic E-state index is -0.986. The summed E-state index contributed by atoms with van der Waals surface area (Å²) >= 11 is 3.48. The number of aliphatic carboxylic acids is 1. The molecule has 1 unspecified atom stereocenters. The molecule has 1 atom stereocenters. The number of ether oxygens (including phenoxy) is 1. The highest BCUT2D eigenvalue weighted by atomic mass is 79.9. The van der Waals surface area contributed by atoms with Gasteiger partial charge in [0.05, 0.1) is 18.0 Å². The predicted molar refractivity (Wildman–Crippen MR) is 156 cm³/mol. The lowest BCUT2D eigenvalue weighted by molar-refractivity contribution is -0.137. The highest BCUT2D eigenvalue weighted by molar-refractivity contribution is 9.10. The molecular weight excluding hydrogens is 556 g/mol. The number of nitrogens with zero attached hydrogens (tertiary/aromatic N) is 1. The first kappa shape index (κ1) is 26.5. The fourth-order valence-corrected chi connectivity index (χ4v) is 5.25. The van der Waals surface area contributed by atoms with Crippen LogP contribution in [0.4, 0.5) is 5.69 Å². The van der Waals surface area contributed by atoms with Gasteiger partial charge < -0.3 is 20.1 Å². The van der Waals surface area contributed by atoms with E-state index < -0.39 is 12.0 Å². The van der Waals surface area contributed by atoms with Crippen LogP contribution in [0.5, 0.6) is 11.5 Å². The summed E-state index contributed by atoms with van der Waals surface area (Å²) in [5.41, 5.74) is 3.96. The number of amides is 1. The summed E-state index contributed by atoms with van der Waals surface area (Å²) in [5.74, 6) is 0.178. The third-order valence-corrected chi connectivity index (χ3v) is 7.31. The summed E-state index contributed by atoms with van der Waals surface area (Å²) in [7, 11) is 0. The number of carbonyl (C=O) groups excluding carboxylic acids is 1. The van der Waals surface area contributed by atoms with Crippen LogP contribution in [0, 0.1) is 0 Å². The Labute approximate surface area is 236 Å². The maximum Gasteiger partial charge on any atom is 0.305 e. The van der Waals surface area contributed by atoms with Gasteiger partial charge in [-0.3, -0.25) is 9.59 Å². The topological polar surface area (TPSA) is 78.9 Å². The molecule has 1 heterocycles. The number of benzene rings is 4. The molecule has 6 nitrogen and oxygen atoms in total. The quantitative estimate of drug-likeness (QED) is 0.213. The zero-order chi connectivity index (χ0) is 27.2. The highest BCUT2D eigenvalue weighted by Crippen LogP contribution is 2.34. The van der Waals surface area contributed by atoms with Crippen molar-refractivity contribution in [2.45, 2.75) is 25.3 Å². The Hall–Kier alpha value is -4.10. The van der Waals surface area contributed by atoms with Gasteiger partial charge in [0.1, 0.15) is 11.5 Å². The maximum absolute atomic E-state index is 13.5. The van der Waals surface area contributed by atoms with Crippen molar-refractivity contribution in [3.63, 3.8) is 0 Å². The average molecular weight is 585 g/mol. The Morgan fingerprint density at radius 3 is 2.31 bits per heavy atom. The second-order valence-corrected chi connectivity index (χ2v) is 10.4. The van der Waals surface area contributed by atoms with Crippen LogP contribution in [-0.4, -0.2) is 30.1 Å². The molecule has 0 radical (unpaired) electrons. The van der Waals surface area contributed by atoms with Crippen molar-refractivity contribution in [3.05, 3.63) is 113 Å². The number of carboxylic acid groups (broad SMARTS) is 1. The van der Waals surface area contributed by atoms with E-state index in [2.05, 4.69) is 26.1 Å². The first-order valence-electron chi connectivity index (χ1n) is 13.0. The molecule has 0 aromatic heterocycles. The van der Waals surface area contributed by atoms with E-state index in [4.69, 9.17) is 4.74 Å². The highest BCUT2D eigenvalue weighted by Gasteiger charge is 2.24. The molecule has 0 bridgehead atoms. The molecule has 1 aliphatic rings. The molecule has 4 aromatic rings. The van der Waals surface area contributed by atoms with E-state index in [0.717, 1.165) is 58.7 Å². The lowest BCUT2D eigenvalue weighted by Crippen LogP contribution is -2.32. The van der Waals surface area contributed by atoms with Gasteiger partial charge in [0.2, 0.25) is 0 Å². The predicted octanol–water partition coefficient (Wildman–Crippen LogP) is 7.45. The van der Waals surface area contributed by atoms with E-state index in [9.17, 15) is 14.7 Å². The van der Waals surface area contributed by atoms with Crippen molar-refractivity contribution in [3.8, 4) is 22.6 Å². The first-order chi connectivity index (χ1) is 19.0. The number of halogens is 1. The van der Waals surface area contributed by atoms with Gasteiger partial charge >= 0.3 is 5.97 Å². The molecule has 0 aliphatic carbocycles. The molecule has 39 heavy (non-hydrogen) atoms. The SMILES string of the molecule is O=C(O)CC(NC(=O)c1cc(Br)ccc1N1CCCC1)c1ccc(-c2ccccc2Oc2ccccc2)cc1. The van der Waals surface area contributed by atoms with Gasteiger partial charge in [0, 0.05) is 28.8 Å². The molecule has 5 rings (SSSR count). The van der Waals surface area contributed by atoms with E-state index in [-0.39, 0.29) is 12.3 Å². The second-order valence-electron chi connectivity index (χ2n) is 9.51. The van der Waals surface area contributed by atoms with Crippen LogP contribution in [0.1, 0.15) is 41.2 Å². The summed E-state index contributed by atoms with van der Waals surface area (Å²) < 4.78 is 6.91. The molecule has 1 saturated heterocycles. The van der Waals surface area contributed by atoms with E-state index >= 15 is 0 Å². The summed E-state index contributed by atoms with van der Waals surface area (Å²) in [6.07, 6.45) is 1.95. The minimum Gasteiger partial charge on any atom is -0.481 e. The van der Waals surface area contributed by atoms with Gasteiger partial charge in [0.25, 0.3) is 5.91 Å². The lowest BCUT2D eigenvalue weighted by atomic mass is 9.98. The number of nitrogens with one attached hydrogen (secondary N) is 1. The third kappa shape index (κ3) is 6.49. The van der Waals surface area contributed by atoms with Crippen LogP contribution in [-0.2, 0) is 4.79 Å². The van der Waals surface area contributed by atoms with Crippen molar-refractivity contribution < 1.29 is 19.4 Å². The van der Waals surface area contributed by atoms with Gasteiger partial charge in [0.15, 0.2) is 0 Å². The van der Waals surface area contributed by atoms with Crippen LogP contribution in [0.25, 0.3) is 11.1 Å². The van der Waals surface area contributed by atoms with Crippen LogP contribution in [0.2, 0.25) is 0 Å². The number of carbonyl (C=O) groups is 2. The Morgan fingerprint density at radius 1 is 0.897 bits per heavy atom. The number of para-hydroxylation sites is 2. The lowest BCUT2D eigenvalue weighted by Gasteiger charge is -2.23. The van der Waals surface area contributed by atoms with E-state index in [1.165, 1.54) is 0 Å². The van der Waals surface area contributed by atoms with Crippen LogP contribution in [0.15, 0.2) is 102 Å². The Balaban J connectivity index is 1.39. The van der Waals surface area contributed by atoms with Crippen LogP contribution < -0.4 is 15.0 Å². The van der Waals surface area contributed by atoms with Crippen molar-refractivity contribution in [1.29, 1.82) is 0 Å². The number of hydrogen-bond acceptors (Lipinski definition) is 4. The molecule has 1 amide bonds. The average Bonchev–Trinajstić information content (AvgIpc) is 3.48. The zero-order valence-corrected chi connectivity index (χ0v) is 22.9. The van der Waals surface area contributed by atoms with Gasteiger partial charge in [-0.25, -0.2) is 0 Å². The van der Waals surface area contributed by atoms with Crippen molar-refractivity contribution in [2.75, 3.05) is 18.0 Å². The summed E-state index contributed by atoms with van der Waals surface area (Å²) in [5, 5.41) is 12.6. The number of rotatable bonds is 9. The summed E-state index contributed by atoms with van der Waals surface area (Å²) in [6, 6.07) is 29.9. The standard InChI is InChI=1S/C32H29BrN2O4/c33-24-16-17-29(35-18-6-7-19-35)27(20-24)32(38)34-28(21-31(36)37)23-14-12-22(13-15-23)26-10-4-5-11-30(26)39-25-8-2-1-3-9-25/h1-5,8-17,20,28H,6-7,18-19,21H2,(H,34,38)(H,36,37). The van der Waals surface area contributed by atoms with Gasteiger partial charge in [-0.2, -0.15) is 0 Å². The van der Waals surface area contributed by atoms with Crippen molar-refractivity contribution >= 4 is 33.5 Å². The van der Waals surface area contributed by atoms with Crippen molar-refractivity contribution in [1.82, 2.24) is 5.32 Å². The summed E-state index contributed by atoms with van der Waals surface area (Å²) in [6.45, 7) is 1.80. The molecule has 2 N–H and O–H groups in total. The van der Waals surface area contributed by atoms with E-state index in [0.29, 0.717) is 11.1 Å². The fourth-order valence-electron chi connectivity index (χ4n) is 4.89. The molecular formula is C32H29BrN2O4. The maximum atomic E-state index is 13.5. The van der Waals surface area contributed by atoms with Crippen LogP contribution in [0.3, 0.4) is 0 Å². The Kier molecular flexibility index (Phi) is 8.27. The first-order valence-corrected chi connectivity index (χ1v) is 13.8. The normalized spacial score (nSPS) is 13.6. The van der Waals surface area contributed by atoms with Crippen LogP contribution >= 0.6 is 15.9 Å². The monoisotopic (exact) mass is 584 g/mol. The van der Waals surface area contributed by atoms with Crippen molar-refractivity contribution in [2.24, 2.45) is 0 Å². The largest absolute Gasteiger partial charge is 0.481 e. The molecule has 0 spiro atoms. The molecule has 7 heteroatoms. The number of hydrogen-bond donors (Lipinski definition) is 2. The smallest absolute Gasteiger partial charge is 0.305 e. The van der Waals surface area contributed by atoms with Gasteiger partial charge in [-0.15, -0.1) is 0 Å². The molecule has 198 valence electrons. The van der Waals surface area contributed by atoms with Gasteiger partial charge in [-0.05, 0) is 60.4 Å². The number of anilines is 1. The Bertz CT molecular complexity index is 1450. The second kappa shape index (κ2) is 12.2. The molecule has 0 saturated carbocycles. The fraction of sp³-hybridized carbons (Fsp3) is 0.188. The van der Waals surface area contributed by atoms with E-state index in [1.807, 2.05) is 91.0 Å². The molecule has 1 fully saturated rings. The molecule has 4 aromatic carbocycles.